The highest BCUT2D eigenvalue weighted by Crippen LogP contribution is 2.13. The molecular formula is C48H84O5. The smallest absolute Gasteiger partial charge is 0.306 e. The van der Waals surface area contributed by atoms with Gasteiger partial charge in [-0.1, -0.05) is 177 Å². The van der Waals surface area contributed by atoms with Crippen molar-refractivity contribution in [2.45, 2.75) is 219 Å². The first kappa shape index (κ1) is 50.6. The van der Waals surface area contributed by atoms with E-state index in [4.69, 9.17) is 9.47 Å². The van der Waals surface area contributed by atoms with Gasteiger partial charge in [-0.25, -0.2) is 0 Å². The van der Waals surface area contributed by atoms with Gasteiger partial charge in [-0.3, -0.25) is 9.59 Å². The molecule has 0 aliphatic heterocycles. The number of carbonyl (C=O) groups is 2. The number of carbonyl (C=O) groups excluding carboxylic acids is 2. The number of rotatable bonds is 40. The Morgan fingerprint density at radius 2 is 0.755 bits per heavy atom. The van der Waals surface area contributed by atoms with E-state index in [0.717, 1.165) is 70.6 Å². The summed E-state index contributed by atoms with van der Waals surface area (Å²) in [4.78, 5) is 24.3. The van der Waals surface area contributed by atoms with Gasteiger partial charge in [0, 0.05) is 12.8 Å². The Morgan fingerprint density at radius 1 is 0.434 bits per heavy atom. The third kappa shape index (κ3) is 42.2. The van der Waals surface area contributed by atoms with Gasteiger partial charge in [0.2, 0.25) is 0 Å². The molecule has 0 aromatic rings. The average molecular weight is 741 g/mol. The molecular weight excluding hydrogens is 657 g/mol. The van der Waals surface area contributed by atoms with E-state index in [1.807, 2.05) is 0 Å². The van der Waals surface area contributed by atoms with Crippen LogP contribution in [0.15, 0.2) is 60.8 Å². The Labute approximate surface area is 328 Å². The molecule has 0 fully saturated rings. The number of unbranched alkanes of at least 4 members (excludes halogenated alkanes) is 22. The van der Waals surface area contributed by atoms with Crippen LogP contribution < -0.4 is 0 Å². The molecule has 0 aromatic heterocycles. The third-order valence-electron chi connectivity index (χ3n) is 9.53. The fourth-order valence-electron chi connectivity index (χ4n) is 6.12. The highest BCUT2D eigenvalue weighted by Gasteiger charge is 2.16. The molecule has 0 bridgehead atoms. The standard InChI is InChI=1S/C48H84O5/c1-3-5-7-9-11-13-15-17-19-21-23-24-25-27-29-31-33-35-37-39-41-43-48(51)53-46(44-49)45-52-47(50)42-40-38-36-34-32-30-28-26-22-20-18-16-14-12-10-8-6-4-2/h14-17,20-23,25,27,46,49H,3-13,18-19,24,26,28-45H2,1-2H3/b16-14-,17-15-,22-20-,23-21-,27-25-. The lowest BCUT2D eigenvalue weighted by Crippen LogP contribution is -2.28. The van der Waals surface area contributed by atoms with Gasteiger partial charge < -0.3 is 14.6 Å². The number of allylic oxidation sites excluding steroid dienone is 10. The van der Waals surface area contributed by atoms with Gasteiger partial charge in [0.15, 0.2) is 6.10 Å². The zero-order chi connectivity index (χ0) is 38.6. The lowest BCUT2D eigenvalue weighted by molar-refractivity contribution is -0.161. The molecule has 306 valence electrons. The van der Waals surface area contributed by atoms with Gasteiger partial charge in [-0.2, -0.15) is 0 Å². The molecule has 0 amide bonds. The second-order valence-corrected chi connectivity index (χ2v) is 14.8. The quantitative estimate of drug-likeness (QED) is 0.0385. The number of ether oxygens (including phenoxy) is 2. The van der Waals surface area contributed by atoms with Gasteiger partial charge in [-0.15, -0.1) is 0 Å². The van der Waals surface area contributed by atoms with Crippen LogP contribution in [0, 0.1) is 0 Å². The summed E-state index contributed by atoms with van der Waals surface area (Å²) in [5, 5.41) is 9.59. The van der Waals surface area contributed by atoms with Crippen molar-refractivity contribution in [3.05, 3.63) is 60.8 Å². The van der Waals surface area contributed by atoms with Crippen molar-refractivity contribution in [1.82, 2.24) is 0 Å². The lowest BCUT2D eigenvalue weighted by atomic mass is 10.1. The molecule has 5 heteroatoms. The zero-order valence-electron chi connectivity index (χ0n) is 34.8. The molecule has 0 radical (unpaired) electrons. The van der Waals surface area contributed by atoms with Crippen LogP contribution in [-0.2, 0) is 19.1 Å². The van der Waals surface area contributed by atoms with Crippen LogP contribution in [-0.4, -0.2) is 36.4 Å². The molecule has 0 saturated carbocycles. The minimum absolute atomic E-state index is 0.0771. The Hall–Kier alpha value is -2.40. The number of esters is 2. The van der Waals surface area contributed by atoms with Crippen LogP contribution in [0.25, 0.3) is 0 Å². The molecule has 0 rings (SSSR count). The summed E-state index contributed by atoms with van der Waals surface area (Å²) in [5.74, 6) is -0.614. The monoisotopic (exact) mass is 741 g/mol. The Balaban J connectivity index is 3.59. The van der Waals surface area contributed by atoms with E-state index in [1.54, 1.807) is 0 Å². The molecule has 1 atom stereocenters. The number of hydrogen-bond acceptors (Lipinski definition) is 5. The average Bonchev–Trinajstić information content (AvgIpc) is 3.16. The minimum Gasteiger partial charge on any atom is -0.462 e. The molecule has 0 heterocycles. The van der Waals surface area contributed by atoms with Crippen LogP contribution in [0.4, 0.5) is 0 Å². The second kappa shape index (κ2) is 44.0. The summed E-state index contributed by atoms with van der Waals surface area (Å²) in [6, 6.07) is 0. The lowest BCUT2D eigenvalue weighted by Gasteiger charge is -2.15. The van der Waals surface area contributed by atoms with E-state index in [0.29, 0.717) is 12.8 Å². The summed E-state index contributed by atoms with van der Waals surface area (Å²) >= 11 is 0. The van der Waals surface area contributed by atoms with E-state index < -0.39 is 6.10 Å². The predicted molar refractivity (Wildman–Crippen MR) is 228 cm³/mol. The Morgan fingerprint density at radius 3 is 1.15 bits per heavy atom. The number of aliphatic hydroxyl groups is 1. The van der Waals surface area contributed by atoms with Crippen LogP contribution in [0.1, 0.15) is 213 Å². The molecule has 1 N–H and O–H groups in total. The van der Waals surface area contributed by atoms with Crippen LogP contribution in [0.3, 0.4) is 0 Å². The Bertz CT molecular complexity index is 930. The van der Waals surface area contributed by atoms with E-state index >= 15 is 0 Å². The first-order valence-electron chi connectivity index (χ1n) is 22.3. The first-order valence-corrected chi connectivity index (χ1v) is 22.3. The van der Waals surface area contributed by atoms with E-state index in [9.17, 15) is 14.7 Å². The van der Waals surface area contributed by atoms with Gasteiger partial charge in [-0.05, 0) is 83.5 Å². The molecule has 0 aliphatic rings. The number of hydrogen-bond donors (Lipinski definition) is 1. The van der Waals surface area contributed by atoms with Crippen molar-refractivity contribution in [2.24, 2.45) is 0 Å². The van der Waals surface area contributed by atoms with Crippen molar-refractivity contribution in [3.8, 4) is 0 Å². The fraction of sp³-hybridized carbons (Fsp3) is 0.750. The largest absolute Gasteiger partial charge is 0.462 e. The van der Waals surface area contributed by atoms with Crippen LogP contribution in [0.5, 0.6) is 0 Å². The molecule has 1 unspecified atom stereocenters. The highest BCUT2D eigenvalue weighted by atomic mass is 16.6. The topological polar surface area (TPSA) is 72.8 Å². The summed E-state index contributed by atoms with van der Waals surface area (Å²) in [6.45, 7) is 4.10. The third-order valence-corrected chi connectivity index (χ3v) is 9.53. The van der Waals surface area contributed by atoms with Crippen LogP contribution >= 0.6 is 0 Å². The Kier molecular flexibility index (Phi) is 42.0. The summed E-state index contributed by atoms with van der Waals surface area (Å²) < 4.78 is 10.6. The van der Waals surface area contributed by atoms with E-state index in [-0.39, 0.29) is 25.2 Å². The molecule has 5 nitrogen and oxygen atoms in total. The fourth-order valence-corrected chi connectivity index (χ4v) is 6.12. The van der Waals surface area contributed by atoms with Crippen LogP contribution in [0.2, 0.25) is 0 Å². The van der Waals surface area contributed by atoms with Crippen molar-refractivity contribution >= 4 is 11.9 Å². The van der Waals surface area contributed by atoms with Gasteiger partial charge in [0.25, 0.3) is 0 Å². The van der Waals surface area contributed by atoms with Crippen molar-refractivity contribution < 1.29 is 24.2 Å². The second-order valence-electron chi connectivity index (χ2n) is 14.8. The maximum atomic E-state index is 12.2. The first-order chi connectivity index (χ1) is 26.1. The van der Waals surface area contributed by atoms with Crippen molar-refractivity contribution in [3.63, 3.8) is 0 Å². The minimum atomic E-state index is -0.784. The van der Waals surface area contributed by atoms with Crippen molar-refractivity contribution in [2.75, 3.05) is 13.2 Å². The van der Waals surface area contributed by atoms with E-state index in [2.05, 4.69) is 74.6 Å². The predicted octanol–water partition coefficient (Wildman–Crippen LogP) is 14.3. The maximum Gasteiger partial charge on any atom is 0.306 e. The van der Waals surface area contributed by atoms with Gasteiger partial charge in [0.1, 0.15) is 6.61 Å². The molecule has 0 spiro atoms. The molecule has 0 aliphatic carbocycles. The SMILES string of the molecule is CCCCCC/C=C\C/C=C\CCCCCCCCCC(=O)OCC(CO)OC(=O)CCCCCCCC/C=C\C/C=C\C/C=C\CCCCCCC. The summed E-state index contributed by atoms with van der Waals surface area (Å²) in [6.07, 6.45) is 57.1. The normalized spacial score (nSPS) is 12.7. The van der Waals surface area contributed by atoms with Crippen molar-refractivity contribution in [1.29, 1.82) is 0 Å². The zero-order valence-corrected chi connectivity index (χ0v) is 34.8. The summed E-state index contributed by atoms with van der Waals surface area (Å²) in [5.41, 5.74) is 0. The number of aliphatic hydroxyl groups excluding tert-OH is 1. The molecule has 53 heavy (non-hydrogen) atoms. The molecule has 0 saturated heterocycles. The summed E-state index contributed by atoms with van der Waals surface area (Å²) in [7, 11) is 0. The van der Waals surface area contributed by atoms with Gasteiger partial charge in [0.05, 0.1) is 6.61 Å². The molecule has 0 aromatic carbocycles. The highest BCUT2D eigenvalue weighted by molar-refractivity contribution is 5.70. The van der Waals surface area contributed by atoms with Gasteiger partial charge >= 0.3 is 11.9 Å². The maximum absolute atomic E-state index is 12.2. The van der Waals surface area contributed by atoms with E-state index in [1.165, 1.54) is 116 Å².